The van der Waals surface area contributed by atoms with Crippen LogP contribution >= 0.6 is 0 Å². The van der Waals surface area contributed by atoms with E-state index < -0.39 is 0 Å². The van der Waals surface area contributed by atoms with Gasteiger partial charge < -0.3 is 9.80 Å². The van der Waals surface area contributed by atoms with Crippen LogP contribution in [0.5, 0.6) is 0 Å². The predicted molar refractivity (Wildman–Crippen MR) is 105 cm³/mol. The van der Waals surface area contributed by atoms with Crippen molar-refractivity contribution in [3.63, 3.8) is 0 Å². The fraction of sp³-hybridized carbons (Fsp3) is 0.238. The first-order valence-electron chi connectivity index (χ1n) is 9.16. The van der Waals surface area contributed by atoms with Gasteiger partial charge in [0.1, 0.15) is 19.2 Å². The van der Waals surface area contributed by atoms with Gasteiger partial charge in [-0.15, -0.1) is 10.2 Å². The van der Waals surface area contributed by atoms with Gasteiger partial charge in [0.2, 0.25) is 5.91 Å². The van der Waals surface area contributed by atoms with Crippen molar-refractivity contribution in [2.45, 2.75) is 19.9 Å². The molecule has 4 rings (SSSR count). The summed E-state index contributed by atoms with van der Waals surface area (Å²) < 4.78 is 1.74. The monoisotopic (exact) mass is 375 g/mol. The smallest absolute Gasteiger partial charge is 0.254 e. The largest absolute Gasteiger partial charge is 0.325 e. The standard InChI is InChI=1S/C21H21N5O2/c1-15-6-8-18(9-7-15)26-11-16(2)25(12-20(26)27)21(28)17-4-3-5-19(10-17)24-13-22-23-14-24/h3-10,13-14,16H,11-12H2,1-2H3/t16-/m1/s1. The lowest BCUT2D eigenvalue weighted by atomic mass is 10.1. The van der Waals surface area contributed by atoms with Crippen LogP contribution in [-0.2, 0) is 4.79 Å². The summed E-state index contributed by atoms with van der Waals surface area (Å²) in [5.74, 6) is -0.232. The number of aryl methyl sites for hydroxylation is 1. The third-order valence-corrected chi connectivity index (χ3v) is 5.00. The van der Waals surface area contributed by atoms with E-state index in [1.54, 1.807) is 39.2 Å². The summed E-state index contributed by atoms with van der Waals surface area (Å²) in [7, 11) is 0. The van der Waals surface area contributed by atoms with Crippen molar-refractivity contribution in [2.75, 3.05) is 18.0 Å². The molecule has 0 spiro atoms. The van der Waals surface area contributed by atoms with Crippen LogP contribution in [0.2, 0.25) is 0 Å². The van der Waals surface area contributed by atoms with Crippen LogP contribution in [0.25, 0.3) is 5.69 Å². The Balaban J connectivity index is 1.54. The molecule has 1 aliphatic rings. The van der Waals surface area contributed by atoms with E-state index in [1.165, 1.54) is 0 Å². The van der Waals surface area contributed by atoms with E-state index in [0.29, 0.717) is 12.1 Å². The molecule has 0 N–H and O–H groups in total. The Morgan fingerprint density at radius 2 is 1.75 bits per heavy atom. The molecule has 0 radical (unpaired) electrons. The number of rotatable bonds is 3. The van der Waals surface area contributed by atoms with Crippen molar-refractivity contribution in [3.05, 3.63) is 72.3 Å². The maximum atomic E-state index is 13.1. The molecule has 0 aliphatic carbocycles. The molecule has 1 fully saturated rings. The molecule has 2 amide bonds. The lowest BCUT2D eigenvalue weighted by molar-refractivity contribution is -0.121. The van der Waals surface area contributed by atoms with Crippen LogP contribution in [0.15, 0.2) is 61.2 Å². The van der Waals surface area contributed by atoms with Gasteiger partial charge in [0.15, 0.2) is 0 Å². The third kappa shape index (κ3) is 3.38. The molecule has 3 aromatic rings. The Kier molecular flexibility index (Phi) is 4.65. The molecule has 1 aliphatic heterocycles. The number of benzene rings is 2. The Labute approximate surface area is 163 Å². The van der Waals surface area contributed by atoms with E-state index in [4.69, 9.17) is 0 Å². The van der Waals surface area contributed by atoms with Gasteiger partial charge in [0.05, 0.1) is 0 Å². The second-order valence-corrected chi connectivity index (χ2v) is 7.04. The number of hydrogen-bond acceptors (Lipinski definition) is 4. The van der Waals surface area contributed by atoms with E-state index in [0.717, 1.165) is 16.9 Å². The van der Waals surface area contributed by atoms with Gasteiger partial charge in [0, 0.05) is 29.5 Å². The van der Waals surface area contributed by atoms with Gasteiger partial charge in [0.25, 0.3) is 5.91 Å². The molecule has 1 saturated heterocycles. The van der Waals surface area contributed by atoms with Crippen molar-refractivity contribution >= 4 is 17.5 Å². The number of carbonyl (C=O) groups excluding carboxylic acids is 2. The minimum Gasteiger partial charge on any atom is -0.325 e. The normalized spacial score (nSPS) is 17.1. The number of hydrogen-bond donors (Lipinski definition) is 0. The first kappa shape index (κ1) is 17.9. The Morgan fingerprint density at radius 3 is 2.46 bits per heavy atom. The molecule has 1 atom stereocenters. The molecule has 2 heterocycles. The molecule has 7 heteroatoms. The van der Waals surface area contributed by atoms with Gasteiger partial charge in [-0.05, 0) is 44.2 Å². The van der Waals surface area contributed by atoms with Crippen LogP contribution in [-0.4, -0.2) is 50.6 Å². The van der Waals surface area contributed by atoms with Crippen molar-refractivity contribution in [1.29, 1.82) is 0 Å². The fourth-order valence-electron chi connectivity index (χ4n) is 3.40. The third-order valence-electron chi connectivity index (χ3n) is 5.00. The van der Waals surface area contributed by atoms with E-state index in [9.17, 15) is 9.59 Å². The molecule has 0 unspecified atom stereocenters. The van der Waals surface area contributed by atoms with Crippen LogP contribution < -0.4 is 4.90 Å². The average Bonchev–Trinajstić information content (AvgIpc) is 3.25. The van der Waals surface area contributed by atoms with Gasteiger partial charge in [-0.25, -0.2) is 0 Å². The van der Waals surface area contributed by atoms with Gasteiger partial charge in [-0.1, -0.05) is 23.8 Å². The number of carbonyl (C=O) groups is 2. The molecular formula is C21H21N5O2. The second kappa shape index (κ2) is 7.26. The summed E-state index contributed by atoms with van der Waals surface area (Å²) in [6.45, 7) is 4.51. The van der Waals surface area contributed by atoms with Crippen LogP contribution in [0.1, 0.15) is 22.8 Å². The number of anilines is 1. The maximum Gasteiger partial charge on any atom is 0.254 e. The molecule has 0 bridgehead atoms. The van der Waals surface area contributed by atoms with Crippen LogP contribution in [0, 0.1) is 6.92 Å². The quantitative estimate of drug-likeness (QED) is 0.705. The van der Waals surface area contributed by atoms with Crippen molar-refractivity contribution in [2.24, 2.45) is 0 Å². The van der Waals surface area contributed by atoms with E-state index in [2.05, 4.69) is 10.2 Å². The highest BCUT2D eigenvalue weighted by Crippen LogP contribution is 2.22. The Bertz CT molecular complexity index is 998. The lowest BCUT2D eigenvalue weighted by Crippen LogP contribution is -2.57. The zero-order valence-corrected chi connectivity index (χ0v) is 15.8. The zero-order valence-electron chi connectivity index (χ0n) is 15.8. The molecule has 0 saturated carbocycles. The first-order valence-corrected chi connectivity index (χ1v) is 9.16. The lowest BCUT2D eigenvalue weighted by Gasteiger charge is -2.39. The molecule has 2 aromatic carbocycles. The minimum absolute atomic E-state index is 0.0603. The molecule has 1 aromatic heterocycles. The van der Waals surface area contributed by atoms with Gasteiger partial charge >= 0.3 is 0 Å². The van der Waals surface area contributed by atoms with E-state index >= 15 is 0 Å². The molecule has 142 valence electrons. The summed E-state index contributed by atoms with van der Waals surface area (Å²) in [5.41, 5.74) is 3.35. The number of nitrogens with zero attached hydrogens (tertiary/aromatic N) is 5. The highest BCUT2D eigenvalue weighted by atomic mass is 16.2. The van der Waals surface area contributed by atoms with Crippen molar-refractivity contribution < 1.29 is 9.59 Å². The SMILES string of the molecule is Cc1ccc(N2C[C@@H](C)N(C(=O)c3cccc(-n4cnnc4)c3)CC2=O)cc1. The average molecular weight is 375 g/mol. The first-order chi connectivity index (χ1) is 13.5. The maximum absolute atomic E-state index is 13.1. The van der Waals surface area contributed by atoms with Crippen molar-refractivity contribution in [1.82, 2.24) is 19.7 Å². The van der Waals surface area contributed by atoms with Crippen molar-refractivity contribution in [3.8, 4) is 5.69 Å². The van der Waals surface area contributed by atoms with Gasteiger partial charge in [-0.3, -0.25) is 14.2 Å². The summed E-state index contributed by atoms with van der Waals surface area (Å²) >= 11 is 0. The Hall–Kier alpha value is -3.48. The van der Waals surface area contributed by atoms with Crippen LogP contribution in [0.4, 0.5) is 5.69 Å². The molecule has 28 heavy (non-hydrogen) atoms. The molecule has 7 nitrogen and oxygen atoms in total. The number of aromatic nitrogens is 3. The summed E-state index contributed by atoms with van der Waals surface area (Å²) in [6, 6.07) is 15.0. The number of piperazine rings is 1. The van der Waals surface area contributed by atoms with E-state index in [1.807, 2.05) is 50.2 Å². The fourth-order valence-corrected chi connectivity index (χ4v) is 3.40. The molecular weight excluding hydrogens is 354 g/mol. The summed E-state index contributed by atoms with van der Waals surface area (Å²) in [6.07, 6.45) is 3.16. The topological polar surface area (TPSA) is 71.3 Å². The second-order valence-electron chi connectivity index (χ2n) is 7.04. The van der Waals surface area contributed by atoms with Crippen LogP contribution in [0.3, 0.4) is 0 Å². The zero-order chi connectivity index (χ0) is 19.7. The predicted octanol–water partition coefficient (Wildman–Crippen LogP) is 2.45. The number of amides is 2. The van der Waals surface area contributed by atoms with E-state index in [-0.39, 0.29) is 24.4 Å². The minimum atomic E-state index is -0.153. The highest BCUT2D eigenvalue weighted by molar-refractivity contribution is 6.02. The van der Waals surface area contributed by atoms with Gasteiger partial charge in [-0.2, -0.15) is 0 Å². The summed E-state index contributed by atoms with van der Waals surface area (Å²) in [4.78, 5) is 29.2. The highest BCUT2D eigenvalue weighted by Gasteiger charge is 2.33. The summed E-state index contributed by atoms with van der Waals surface area (Å²) in [5, 5.41) is 7.59. The Morgan fingerprint density at radius 1 is 1.04 bits per heavy atom.